The van der Waals surface area contributed by atoms with Crippen molar-refractivity contribution < 1.29 is 13.5 Å². The Hall–Kier alpha value is -1.58. The summed E-state index contributed by atoms with van der Waals surface area (Å²) >= 11 is 0. The second kappa shape index (κ2) is 5.66. The van der Waals surface area contributed by atoms with E-state index in [1.807, 2.05) is 6.07 Å². The molecule has 1 aromatic rings. The van der Waals surface area contributed by atoms with Crippen LogP contribution in [0.5, 0.6) is 5.75 Å². The highest BCUT2D eigenvalue weighted by Crippen LogP contribution is 2.19. The summed E-state index contributed by atoms with van der Waals surface area (Å²) < 4.78 is 25.5. The van der Waals surface area contributed by atoms with Gasteiger partial charge in [-0.1, -0.05) is 13.0 Å². The van der Waals surface area contributed by atoms with Crippen molar-refractivity contribution in [3.05, 3.63) is 24.3 Å². The van der Waals surface area contributed by atoms with Crippen LogP contribution < -0.4 is 0 Å². The number of nitrogens with zero attached hydrogens (tertiary/aromatic N) is 2. The quantitative estimate of drug-likeness (QED) is 0.859. The van der Waals surface area contributed by atoms with Crippen LogP contribution >= 0.6 is 0 Å². The lowest BCUT2D eigenvalue weighted by Gasteiger charge is -2.19. The first-order chi connectivity index (χ1) is 8.02. The summed E-state index contributed by atoms with van der Waals surface area (Å²) in [5.74, 6) is -0.0950. The van der Waals surface area contributed by atoms with Crippen LogP contribution in [-0.4, -0.2) is 30.9 Å². The minimum atomic E-state index is -3.62. The number of hydrogen-bond donors (Lipinski definition) is 1. The Labute approximate surface area is 101 Å². The molecule has 0 aromatic heterocycles. The number of sulfonamides is 1. The third kappa shape index (κ3) is 3.19. The molecular weight excluding hydrogens is 240 g/mol. The second-order valence-electron chi connectivity index (χ2n) is 3.40. The molecule has 0 aliphatic carbocycles. The molecule has 17 heavy (non-hydrogen) atoms. The molecule has 1 N–H and O–H groups in total. The first-order valence-corrected chi connectivity index (χ1v) is 6.62. The molecule has 6 heteroatoms. The molecule has 0 fully saturated rings. The predicted molar refractivity (Wildman–Crippen MR) is 62.8 cm³/mol. The van der Waals surface area contributed by atoms with Gasteiger partial charge in [0.05, 0.1) is 11.0 Å². The number of nitriles is 1. The SMILES string of the molecule is CCN(CCC#N)S(=O)(=O)c1cccc(O)c1. The van der Waals surface area contributed by atoms with Crippen LogP contribution in [0.25, 0.3) is 0 Å². The van der Waals surface area contributed by atoms with Crippen LogP contribution in [0.2, 0.25) is 0 Å². The maximum Gasteiger partial charge on any atom is 0.243 e. The van der Waals surface area contributed by atoms with Crippen molar-refractivity contribution in [2.45, 2.75) is 18.2 Å². The highest BCUT2D eigenvalue weighted by molar-refractivity contribution is 7.89. The molecule has 0 spiro atoms. The molecule has 0 atom stereocenters. The van der Waals surface area contributed by atoms with E-state index in [1.165, 1.54) is 28.6 Å². The molecule has 0 radical (unpaired) electrons. The molecule has 0 aliphatic rings. The summed E-state index contributed by atoms with van der Waals surface area (Å²) in [6, 6.07) is 7.41. The van der Waals surface area contributed by atoms with E-state index in [1.54, 1.807) is 6.92 Å². The van der Waals surface area contributed by atoms with E-state index in [4.69, 9.17) is 5.26 Å². The Bertz CT molecular complexity index is 520. The van der Waals surface area contributed by atoms with Crippen LogP contribution in [0.4, 0.5) is 0 Å². The fourth-order valence-corrected chi connectivity index (χ4v) is 2.91. The van der Waals surface area contributed by atoms with E-state index < -0.39 is 10.0 Å². The van der Waals surface area contributed by atoms with Crippen molar-refractivity contribution in [2.24, 2.45) is 0 Å². The third-order valence-electron chi connectivity index (χ3n) is 2.28. The van der Waals surface area contributed by atoms with Gasteiger partial charge in [0.2, 0.25) is 10.0 Å². The molecule has 0 heterocycles. The lowest BCUT2D eigenvalue weighted by molar-refractivity contribution is 0.433. The molecule has 1 aromatic carbocycles. The molecule has 92 valence electrons. The zero-order chi connectivity index (χ0) is 12.9. The summed E-state index contributed by atoms with van der Waals surface area (Å²) in [6.45, 7) is 2.16. The number of hydrogen-bond acceptors (Lipinski definition) is 4. The standard InChI is InChI=1S/C11H14N2O3S/c1-2-13(8-4-7-12)17(15,16)11-6-3-5-10(14)9-11/h3,5-6,9,14H,2,4,8H2,1H3. The highest BCUT2D eigenvalue weighted by atomic mass is 32.2. The normalized spacial score (nSPS) is 11.4. The van der Waals surface area contributed by atoms with Crippen LogP contribution in [0.1, 0.15) is 13.3 Å². The van der Waals surface area contributed by atoms with Gasteiger partial charge in [-0.3, -0.25) is 0 Å². The van der Waals surface area contributed by atoms with Crippen molar-refractivity contribution in [1.82, 2.24) is 4.31 Å². The van der Waals surface area contributed by atoms with E-state index >= 15 is 0 Å². The average Bonchev–Trinajstić information content (AvgIpc) is 2.30. The van der Waals surface area contributed by atoms with Crippen LogP contribution in [0.15, 0.2) is 29.2 Å². The topological polar surface area (TPSA) is 81.4 Å². The average molecular weight is 254 g/mol. The number of benzene rings is 1. The highest BCUT2D eigenvalue weighted by Gasteiger charge is 2.22. The molecule has 0 unspecified atom stereocenters. The van der Waals surface area contributed by atoms with Gasteiger partial charge < -0.3 is 5.11 Å². The van der Waals surface area contributed by atoms with Crippen molar-refractivity contribution in [1.29, 1.82) is 5.26 Å². The molecule has 0 amide bonds. The molecule has 0 aliphatic heterocycles. The number of aromatic hydroxyl groups is 1. The third-order valence-corrected chi connectivity index (χ3v) is 4.25. The van der Waals surface area contributed by atoms with Gasteiger partial charge in [-0.05, 0) is 18.2 Å². The lowest BCUT2D eigenvalue weighted by atomic mass is 10.3. The summed E-state index contributed by atoms with van der Waals surface area (Å²) in [7, 11) is -3.62. The van der Waals surface area contributed by atoms with Gasteiger partial charge >= 0.3 is 0 Å². The van der Waals surface area contributed by atoms with Gasteiger partial charge in [0, 0.05) is 19.5 Å². The van der Waals surface area contributed by atoms with E-state index in [0.29, 0.717) is 6.54 Å². The molecule has 1 rings (SSSR count). The monoisotopic (exact) mass is 254 g/mol. The molecule has 0 saturated heterocycles. The van der Waals surface area contributed by atoms with E-state index in [0.717, 1.165) is 0 Å². The Kier molecular flexibility index (Phi) is 4.49. The van der Waals surface area contributed by atoms with Gasteiger partial charge in [-0.25, -0.2) is 8.42 Å². The van der Waals surface area contributed by atoms with E-state index in [9.17, 15) is 13.5 Å². The van der Waals surface area contributed by atoms with Gasteiger partial charge in [0.1, 0.15) is 5.75 Å². The van der Waals surface area contributed by atoms with Crippen molar-refractivity contribution in [3.8, 4) is 11.8 Å². The smallest absolute Gasteiger partial charge is 0.243 e. The van der Waals surface area contributed by atoms with Gasteiger partial charge in [0.15, 0.2) is 0 Å². The van der Waals surface area contributed by atoms with Crippen molar-refractivity contribution in [2.75, 3.05) is 13.1 Å². The fourth-order valence-electron chi connectivity index (χ4n) is 1.42. The largest absolute Gasteiger partial charge is 0.508 e. The lowest BCUT2D eigenvalue weighted by Crippen LogP contribution is -2.31. The first kappa shape index (κ1) is 13.5. The summed E-state index contributed by atoms with van der Waals surface area (Å²) in [6.07, 6.45) is 0.145. The van der Waals surface area contributed by atoms with Crippen LogP contribution in [0.3, 0.4) is 0 Å². The number of rotatable bonds is 5. The first-order valence-electron chi connectivity index (χ1n) is 5.18. The minimum Gasteiger partial charge on any atom is -0.508 e. The predicted octanol–water partition coefficient (Wildman–Crippen LogP) is 1.32. The number of phenolic OH excluding ortho intramolecular Hbond substituents is 1. The Morgan fingerprint density at radius 3 is 2.71 bits per heavy atom. The van der Waals surface area contributed by atoms with Gasteiger partial charge in [-0.2, -0.15) is 9.57 Å². The summed E-state index contributed by atoms with van der Waals surface area (Å²) in [5.41, 5.74) is 0. The minimum absolute atomic E-state index is 0.0392. The molecule has 5 nitrogen and oxygen atoms in total. The zero-order valence-electron chi connectivity index (χ0n) is 9.50. The van der Waals surface area contributed by atoms with Crippen molar-refractivity contribution >= 4 is 10.0 Å². The van der Waals surface area contributed by atoms with Crippen LogP contribution in [0, 0.1) is 11.3 Å². The maximum atomic E-state index is 12.1. The second-order valence-corrected chi connectivity index (χ2v) is 5.34. The van der Waals surface area contributed by atoms with Gasteiger partial charge in [0.25, 0.3) is 0 Å². The van der Waals surface area contributed by atoms with E-state index in [2.05, 4.69) is 0 Å². The molecular formula is C11H14N2O3S. The molecule has 0 saturated carbocycles. The zero-order valence-corrected chi connectivity index (χ0v) is 10.3. The number of phenols is 1. The van der Waals surface area contributed by atoms with Gasteiger partial charge in [-0.15, -0.1) is 0 Å². The maximum absolute atomic E-state index is 12.1. The summed E-state index contributed by atoms with van der Waals surface area (Å²) in [5, 5.41) is 17.8. The Balaban J connectivity index is 3.05. The molecule has 0 bridgehead atoms. The van der Waals surface area contributed by atoms with E-state index in [-0.39, 0.29) is 23.6 Å². The van der Waals surface area contributed by atoms with Crippen molar-refractivity contribution in [3.63, 3.8) is 0 Å². The fraction of sp³-hybridized carbons (Fsp3) is 0.364. The Morgan fingerprint density at radius 2 is 2.18 bits per heavy atom. The summed E-state index contributed by atoms with van der Waals surface area (Å²) in [4.78, 5) is 0.0392. The Morgan fingerprint density at radius 1 is 1.47 bits per heavy atom. The van der Waals surface area contributed by atoms with Crippen LogP contribution in [-0.2, 0) is 10.0 Å².